The van der Waals surface area contributed by atoms with Crippen LogP contribution in [0.5, 0.6) is 0 Å². The lowest BCUT2D eigenvalue weighted by Gasteiger charge is -2.25. The van der Waals surface area contributed by atoms with Crippen LogP contribution in [0.4, 0.5) is 0 Å². The van der Waals surface area contributed by atoms with E-state index >= 15 is 0 Å². The van der Waals surface area contributed by atoms with Crippen LogP contribution < -0.4 is 5.32 Å². The number of hydrogen-bond donors (Lipinski definition) is 1. The molecule has 1 saturated heterocycles. The van der Waals surface area contributed by atoms with Crippen molar-refractivity contribution in [3.8, 4) is 0 Å². The Balaban J connectivity index is 1.51. The van der Waals surface area contributed by atoms with Crippen molar-refractivity contribution in [2.24, 2.45) is 0 Å². The molecule has 0 spiro atoms. The van der Waals surface area contributed by atoms with E-state index in [1.54, 1.807) is 27.8 Å². The van der Waals surface area contributed by atoms with Crippen LogP contribution in [0.1, 0.15) is 36.1 Å². The third-order valence-electron chi connectivity index (χ3n) is 4.56. The van der Waals surface area contributed by atoms with Crippen LogP contribution >= 0.6 is 11.3 Å². The third kappa shape index (κ3) is 4.93. The summed E-state index contributed by atoms with van der Waals surface area (Å²) in [4.78, 5) is 13.4. The molecule has 1 fully saturated rings. The number of piperidine rings is 1. The second-order valence-electron chi connectivity index (χ2n) is 6.46. The molecule has 140 valence electrons. The second kappa shape index (κ2) is 8.79. The van der Waals surface area contributed by atoms with Gasteiger partial charge in [-0.3, -0.25) is 4.79 Å². The van der Waals surface area contributed by atoms with Crippen molar-refractivity contribution in [2.45, 2.75) is 43.5 Å². The highest BCUT2D eigenvalue weighted by atomic mass is 32.2. The van der Waals surface area contributed by atoms with E-state index in [9.17, 15) is 13.2 Å². The number of amides is 1. The average molecular weight is 393 g/mol. The van der Waals surface area contributed by atoms with Gasteiger partial charge in [0.05, 0.1) is 11.4 Å². The minimum atomic E-state index is -3.39. The van der Waals surface area contributed by atoms with Gasteiger partial charge in [-0.15, -0.1) is 11.3 Å². The van der Waals surface area contributed by atoms with E-state index in [1.807, 2.05) is 29.6 Å². The second-order valence-corrected chi connectivity index (χ2v) is 9.43. The van der Waals surface area contributed by atoms with Crippen molar-refractivity contribution in [3.05, 3.63) is 52.2 Å². The highest BCUT2D eigenvalue weighted by Gasteiger charge is 2.25. The smallest absolute Gasteiger partial charge is 0.243 e. The molecule has 5 nitrogen and oxygen atoms in total. The summed E-state index contributed by atoms with van der Waals surface area (Å²) in [6.45, 7) is 1.77. The van der Waals surface area contributed by atoms with E-state index in [0.29, 0.717) is 37.4 Å². The van der Waals surface area contributed by atoms with Gasteiger partial charge in [0.1, 0.15) is 0 Å². The Kier molecular flexibility index (Phi) is 6.45. The summed E-state index contributed by atoms with van der Waals surface area (Å²) in [5, 5.41) is 4.89. The van der Waals surface area contributed by atoms with E-state index < -0.39 is 10.0 Å². The Bertz CT molecular complexity index is 809. The van der Waals surface area contributed by atoms with Crippen LogP contribution in [0.25, 0.3) is 0 Å². The van der Waals surface area contributed by atoms with E-state index in [4.69, 9.17) is 0 Å². The number of rotatable bonds is 7. The van der Waals surface area contributed by atoms with Crippen molar-refractivity contribution in [3.63, 3.8) is 0 Å². The molecule has 0 saturated carbocycles. The van der Waals surface area contributed by atoms with E-state index in [2.05, 4.69) is 5.32 Å². The molecule has 1 aromatic heterocycles. The van der Waals surface area contributed by atoms with Crippen LogP contribution in [-0.2, 0) is 27.8 Å². The molecule has 7 heteroatoms. The summed E-state index contributed by atoms with van der Waals surface area (Å²) in [5.41, 5.74) is 0.967. The highest BCUT2D eigenvalue weighted by molar-refractivity contribution is 7.89. The van der Waals surface area contributed by atoms with Crippen LogP contribution in [0.15, 0.2) is 46.7 Å². The first-order chi connectivity index (χ1) is 12.6. The highest BCUT2D eigenvalue weighted by Crippen LogP contribution is 2.21. The van der Waals surface area contributed by atoms with Gasteiger partial charge in [0.25, 0.3) is 0 Å². The average Bonchev–Trinajstić information content (AvgIpc) is 3.19. The maximum atomic E-state index is 12.6. The summed E-state index contributed by atoms with van der Waals surface area (Å²) in [6, 6.07) is 10.9. The first-order valence-corrected chi connectivity index (χ1v) is 11.3. The van der Waals surface area contributed by atoms with Crippen molar-refractivity contribution in [1.82, 2.24) is 9.62 Å². The standard InChI is InChI=1S/C19H24N2O3S2/c22-19(20-15-17-5-4-14-25-17)11-8-16-6-9-18(10-7-16)26(23,24)21-12-2-1-3-13-21/h4-7,9-10,14H,1-3,8,11-13,15H2,(H,20,22). The minimum Gasteiger partial charge on any atom is -0.351 e. The summed E-state index contributed by atoms with van der Waals surface area (Å²) in [7, 11) is -3.39. The molecular weight excluding hydrogens is 368 g/mol. The molecule has 3 rings (SSSR count). The molecule has 1 aromatic carbocycles. The van der Waals surface area contributed by atoms with Gasteiger partial charge in [0.15, 0.2) is 0 Å². The normalized spacial score (nSPS) is 15.7. The molecule has 0 atom stereocenters. The molecule has 0 unspecified atom stereocenters. The van der Waals surface area contributed by atoms with E-state index in [0.717, 1.165) is 29.7 Å². The lowest BCUT2D eigenvalue weighted by atomic mass is 10.1. The Morgan fingerprint density at radius 1 is 1.08 bits per heavy atom. The quantitative estimate of drug-likeness (QED) is 0.787. The van der Waals surface area contributed by atoms with Gasteiger partial charge in [0.2, 0.25) is 15.9 Å². The summed E-state index contributed by atoms with van der Waals surface area (Å²) in [5.74, 6) is 0.00316. The lowest BCUT2D eigenvalue weighted by Crippen LogP contribution is -2.35. The van der Waals surface area contributed by atoms with Gasteiger partial charge in [0, 0.05) is 24.4 Å². The molecule has 26 heavy (non-hydrogen) atoms. The molecule has 1 N–H and O–H groups in total. The topological polar surface area (TPSA) is 66.5 Å². The van der Waals surface area contributed by atoms with Gasteiger partial charge in [-0.25, -0.2) is 8.42 Å². The van der Waals surface area contributed by atoms with Gasteiger partial charge in [-0.05, 0) is 48.4 Å². The zero-order valence-electron chi connectivity index (χ0n) is 14.7. The maximum Gasteiger partial charge on any atom is 0.243 e. The van der Waals surface area contributed by atoms with Crippen LogP contribution in [0, 0.1) is 0 Å². The molecule has 2 heterocycles. The summed E-state index contributed by atoms with van der Waals surface area (Å²) < 4.78 is 26.8. The summed E-state index contributed by atoms with van der Waals surface area (Å²) >= 11 is 1.62. The van der Waals surface area contributed by atoms with E-state index in [1.165, 1.54) is 0 Å². The molecule has 1 amide bonds. The zero-order valence-corrected chi connectivity index (χ0v) is 16.3. The number of sulfonamides is 1. The first kappa shape index (κ1) is 19.1. The maximum absolute atomic E-state index is 12.6. The van der Waals surface area contributed by atoms with Crippen molar-refractivity contribution < 1.29 is 13.2 Å². The Hall–Kier alpha value is -1.70. The molecule has 0 aliphatic carbocycles. The number of hydrogen-bond acceptors (Lipinski definition) is 4. The Morgan fingerprint density at radius 2 is 1.81 bits per heavy atom. The molecule has 2 aromatic rings. The first-order valence-electron chi connectivity index (χ1n) is 8.94. The van der Waals surface area contributed by atoms with Crippen molar-refractivity contribution in [1.29, 1.82) is 0 Å². The van der Waals surface area contributed by atoms with Crippen LogP contribution in [0.3, 0.4) is 0 Å². The lowest BCUT2D eigenvalue weighted by molar-refractivity contribution is -0.121. The summed E-state index contributed by atoms with van der Waals surface area (Å²) in [6.07, 6.45) is 3.94. The predicted octanol–water partition coefficient (Wildman–Crippen LogP) is 3.17. The molecule has 0 radical (unpaired) electrons. The molecule has 1 aliphatic heterocycles. The van der Waals surface area contributed by atoms with E-state index in [-0.39, 0.29) is 5.91 Å². The van der Waals surface area contributed by atoms with Crippen LogP contribution in [-0.4, -0.2) is 31.7 Å². The molecule has 0 bridgehead atoms. The molecular formula is C19H24N2O3S2. The number of carbonyl (C=O) groups is 1. The zero-order chi connectivity index (χ0) is 18.4. The minimum absolute atomic E-state index is 0.00316. The number of carbonyl (C=O) groups excluding carboxylic acids is 1. The Labute approximate surface area is 159 Å². The van der Waals surface area contributed by atoms with Gasteiger partial charge >= 0.3 is 0 Å². The third-order valence-corrected chi connectivity index (χ3v) is 7.35. The van der Waals surface area contributed by atoms with Crippen LogP contribution in [0.2, 0.25) is 0 Å². The largest absolute Gasteiger partial charge is 0.351 e. The van der Waals surface area contributed by atoms with Gasteiger partial charge in [-0.1, -0.05) is 24.6 Å². The number of aryl methyl sites for hydroxylation is 1. The fraction of sp³-hybridized carbons (Fsp3) is 0.421. The van der Waals surface area contributed by atoms with Gasteiger partial charge in [-0.2, -0.15) is 4.31 Å². The Morgan fingerprint density at radius 3 is 2.46 bits per heavy atom. The number of thiophene rings is 1. The number of benzene rings is 1. The fourth-order valence-electron chi connectivity index (χ4n) is 3.03. The number of nitrogens with one attached hydrogen (secondary N) is 1. The fourth-order valence-corrected chi connectivity index (χ4v) is 5.19. The predicted molar refractivity (Wildman–Crippen MR) is 104 cm³/mol. The SMILES string of the molecule is O=C(CCc1ccc(S(=O)(=O)N2CCCCC2)cc1)NCc1cccs1. The van der Waals surface area contributed by atoms with Gasteiger partial charge < -0.3 is 5.32 Å². The van der Waals surface area contributed by atoms with Crippen molar-refractivity contribution >= 4 is 27.3 Å². The van der Waals surface area contributed by atoms with Crippen molar-refractivity contribution in [2.75, 3.05) is 13.1 Å². The monoisotopic (exact) mass is 392 g/mol. The number of nitrogens with zero attached hydrogens (tertiary/aromatic N) is 1. The molecule has 1 aliphatic rings.